The SMILES string of the molecule is CCc1ccc(Cc2csc(N3CCN(S(=O)(=O)c4ccc(F)cc4Cl)CC3)n2)cc1. The molecule has 3 aromatic rings. The van der Waals surface area contributed by atoms with E-state index in [-0.39, 0.29) is 9.92 Å². The average Bonchev–Trinajstić information content (AvgIpc) is 3.22. The van der Waals surface area contributed by atoms with Gasteiger partial charge < -0.3 is 4.90 Å². The highest BCUT2D eigenvalue weighted by Crippen LogP contribution is 2.28. The average molecular weight is 480 g/mol. The van der Waals surface area contributed by atoms with Gasteiger partial charge in [-0.1, -0.05) is 42.8 Å². The maximum Gasteiger partial charge on any atom is 0.244 e. The molecular formula is C22H23ClFN3O2S2. The quantitative estimate of drug-likeness (QED) is 0.518. The van der Waals surface area contributed by atoms with E-state index in [9.17, 15) is 12.8 Å². The zero-order chi connectivity index (χ0) is 22.0. The van der Waals surface area contributed by atoms with Gasteiger partial charge in [0, 0.05) is 38.0 Å². The Morgan fingerprint density at radius 1 is 1.06 bits per heavy atom. The Hall–Kier alpha value is -2.00. The highest BCUT2D eigenvalue weighted by molar-refractivity contribution is 7.89. The predicted molar refractivity (Wildman–Crippen MR) is 123 cm³/mol. The minimum Gasteiger partial charge on any atom is -0.345 e. The molecule has 1 aliphatic heterocycles. The number of piperazine rings is 1. The van der Waals surface area contributed by atoms with E-state index in [1.54, 1.807) is 11.3 Å². The molecule has 0 bridgehead atoms. The number of aromatic nitrogens is 1. The molecule has 2 aromatic carbocycles. The number of benzene rings is 2. The Kier molecular flexibility index (Phi) is 6.62. The first kappa shape index (κ1) is 22.2. The van der Waals surface area contributed by atoms with E-state index in [0.717, 1.165) is 35.8 Å². The maximum absolute atomic E-state index is 13.3. The van der Waals surface area contributed by atoms with E-state index in [4.69, 9.17) is 16.6 Å². The van der Waals surface area contributed by atoms with Crippen molar-refractivity contribution in [1.82, 2.24) is 9.29 Å². The standard InChI is InChI=1S/C22H23ClFN3O2S2/c1-2-16-3-5-17(6-4-16)13-19-15-30-22(25-19)26-9-11-27(12-10-26)31(28,29)21-8-7-18(24)14-20(21)23/h3-8,14-15H,2,9-13H2,1H3. The number of rotatable bonds is 6. The number of anilines is 1. The van der Waals surface area contributed by atoms with E-state index in [1.165, 1.54) is 21.5 Å². The van der Waals surface area contributed by atoms with Crippen molar-refractivity contribution < 1.29 is 12.8 Å². The van der Waals surface area contributed by atoms with Crippen LogP contribution in [0.25, 0.3) is 0 Å². The molecule has 0 unspecified atom stereocenters. The minimum atomic E-state index is -3.77. The van der Waals surface area contributed by atoms with Crippen molar-refractivity contribution in [1.29, 1.82) is 0 Å². The van der Waals surface area contributed by atoms with Crippen molar-refractivity contribution in [3.63, 3.8) is 0 Å². The zero-order valence-electron chi connectivity index (χ0n) is 17.1. The smallest absolute Gasteiger partial charge is 0.244 e. The lowest BCUT2D eigenvalue weighted by molar-refractivity contribution is 0.384. The lowest BCUT2D eigenvalue weighted by Crippen LogP contribution is -2.48. The third-order valence-corrected chi connectivity index (χ3v) is 8.71. The van der Waals surface area contributed by atoms with E-state index >= 15 is 0 Å². The van der Waals surface area contributed by atoms with Crippen LogP contribution in [0.1, 0.15) is 23.7 Å². The number of nitrogens with zero attached hydrogens (tertiary/aromatic N) is 3. The van der Waals surface area contributed by atoms with Crippen LogP contribution in [0.15, 0.2) is 52.7 Å². The lowest BCUT2D eigenvalue weighted by atomic mass is 10.1. The van der Waals surface area contributed by atoms with Gasteiger partial charge in [0.1, 0.15) is 10.7 Å². The Morgan fingerprint density at radius 2 is 1.74 bits per heavy atom. The molecule has 0 saturated carbocycles. The Balaban J connectivity index is 1.39. The molecule has 1 saturated heterocycles. The maximum atomic E-state index is 13.3. The van der Waals surface area contributed by atoms with Crippen molar-refractivity contribution >= 4 is 38.1 Å². The minimum absolute atomic E-state index is 0.0605. The summed E-state index contributed by atoms with van der Waals surface area (Å²) in [6.45, 7) is 3.86. The van der Waals surface area contributed by atoms with Gasteiger partial charge in [0.05, 0.1) is 10.7 Å². The second kappa shape index (κ2) is 9.24. The molecule has 9 heteroatoms. The first-order valence-electron chi connectivity index (χ1n) is 10.1. The second-order valence-electron chi connectivity index (χ2n) is 7.43. The van der Waals surface area contributed by atoms with Gasteiger partial charge in [0.2, 0.25) is 10.0 Å². The largest absolute Gasteiger partial charge is 0.345 e. The molecule has 4 rings (SSSR count). The molecule has 164 valence electrons. The van der Waals surface area contributed by atoms with Crippen LogP contribution in [-0.4, -0.2) is 43.9 Å². The monoisotopic (exact) mass is 479 g/mol. The van der Waals surface area contributed by atoms with Gasteiger partial charge in [0.25, 0.3) is 0 Å². The van der Waals surface area contributed by atoms with Crippen molar-refractivity contribution in [2.24, 2.45) is 0 Å². The van der Waals surface area contributed by atoms with Gasteiger partial charge in [0.15, 0.2) is 5.13 Å². The summed E-state index contributed by atoms with van der Waals surface area (Å²) in [5.74, 6) is -0.561. The highest BCUT2D eigenvalue weighted by atomic mass is 35.5. The van der Waals surface area contributed by atoms with Crippen LogP contribution in [0.4, 0.5) is 9.52 Å². The van der Waals surface area contributed by atoms with Gasteiger partial charge >= 0.3 is 0 Å². The van der Waals surface area contributed by atoms with Crippen LogP contribution >= 0.6 is 22.9 Å². The molecule has 0 atom stereocenters. The summed E-state index contributed by atoms with van der Waals surface area (Å²) in [5, 5.41) is 2.86. The summed E-state index contributed by atoms with van der Waals surface area (Å²) in [5.41, 5.74) is 3.55. The summed E-state index contributed by atoms with van der Waals surface area (Å²) in [6, 6.07) is 11.9. The summed E-state index contributed by atoms with van der Waals surface area (Å²) in [7, 11) is -3.77. The summed E-state index contributed by atoms with van der Waals surface area (Å²) in [6.07, 6.45) is 1.80. The fourth-order valence-electron chi connectivity index (χ4n) is 3.57. The summed E-state index contributed by atoms with van der Waals surface area (Å²) in [4.78, 5) is 6.80. The molecular weight excluding hydrogens is 457 g/mol. The van der Waals surface area contributed by atoms with Crippen molar-refractivity contribution in [3.05, 3.63) is 75.5 Å². The van der Waals surface area contributed by atoms with Gasteiger partial charge in [-0.25, -0.2) is 17.8 Å². The van der Waals surface area contributed by atoms with E-state index < -0.39 is 15.8 Å². The second-order valence-corrected chi connectivity index (χ2v) is 10.6. The number of hydrogen-bond donors (Lipinski definition) is 0. The lowest BCUT2D eigenvalue weighted by Gasteiger charge is -2.33. The van der Waals surface area contributed by atoms with Gasteiger partial charge in [-0.2, -0.15) is 4.31 Å². The number of sulfonamides is 1. The Bertz CT molecular complexity index is 1160. The van der Waals surface area contributed by atoms with E-state index in [1.807, 2.05) is 0 Å². The van der Waals surface area contributed by atoms with Crippen LogP contribution < -0.4 is 4.90 Å². The molecule has 2 heterocycles. The normalized spacial score (nSPS) is 15.4. The molecule has 31 heavy (non-hydrogen) atoms. The van der Waals surface area contributed by atoms with Crippen molar-refractivity contribution in [3.8, 4) is 0 Å². The zero-order valence-corrected chi connectivity index (χ0v) is 19.5. The molecule has 0 N–H and O–H groups in total. The van der Waals surface area contributed by atoms with Crippen molar-refractivity contribution in [2.75, 3.05) is 31.1 Å². The van der Waals surface area contributed by atoms with Crippen LogP contribution in [0, 0.1) is 5.82 Å². The van der Waals surface area contributed by atoms with E-state index in [0.29, 0.717) is 26.2 Å². The number of hydrogen-bond acceptors (Lipinski definition) is 5. The molecule has 0 radical (unpaired) electrons. The van der Waals surface area contributed by atoms with Crippen LogP contribution in [0.3, 0.4) is 0 Å². The number of thiazole rings is 1. The first-order chi connectivity index (χ1) is 14.9. The van der Waals surface area contributed by atoms with E-state index in [2.05, 4.69) is 41.5 Å². The fourth-order valence-corrected chi connectivity index (χ4v) is 6.37. The summed E-state index contributed by atoms with van der Waals surface area (Å²) < 4.78 is 40.5. The van der Waals surface area contributed by atoms with Crippen LogP contribution in [-0.2, 0) is 22.9 Å². The third-order valence-electron chi connectivity index (χ3n) is 5.38. The number of aryl methyl sites for hydroxylation is 1. The number of halogens is 2. The van der Waals surface area contributed by atoms with Crippen molar-refractivity contribution in [2.45, 2.75) is 24.7 Å². The molecule has 1 aliphatic rings. The third kappa shape index (κ3) is 4.92. The molecule has 0 amide bonds. The summed E-state index contributed by atoms with van der Waals surface area (Å²) >= 11 is 7.56. The first-order valence-corrected chi connectivity index (χ1v) is 12.8. The molecule has 1 fully saturated rings. The molecule has 0 aliphatic carbocycles. The molecule has 5 nitrogen and oxygen atoms in total. The Labute approximate surface area is 191 Å². The Morgan fingerprint density at radius 3 is 2.39 bits per heavy atom. The van der Waals surface area contributed by atoms with Gasteiger partial charge in [-0.3, -0.25) is 0 Å². The molecule has 1 aromatic heterocycles. The van der Waals surface area contributed by atoms with Crippen LogP contribution in [0.5, 0.6) is 0 Å². The fraction of sp³-hybridized carbons (Fsp3) is 0.318. The van der Waals surface area contributed by atoms with Gasteiger partial charge in [-0.15, -0.1) is 11.3 Å². The van der Waals surface area contributed by atoms with Gasteiger partial charge in [-0.05, 0) is 35.7 Å². The van der Waals surface area contributed by atoms with Crippen LogP contribution in [0.2, 0.25) is 5.02 Å². The highest BCUT2D eigenvalue weighted by Gasteiger charge is 2.31. The predicted octanol–water partition coefficient (Wildman–Crippen LogP) is 4.60. The topological polar surface area (TPSA) is 53.5 Å². The molecule has 0 spiro atoms.